The predicted octanol–water partition coefficient (Wildman–Crippen LogP) is 0.790. The number of hydrogen-bond acceptors (Lipinski definition) is 6. The van der Waals surface area contributed by atoms with Gasteiger partial charge in [-0.05, 0) is 32.2 Å². The molecule has 0 spiro atoms. The van der Waals surface area contributed by atoms with E-state index in [2.05, 4.69) is 14.8 Å². The minimum absolute atomic E-state index is 0. The third-order valence-electron chi connectivity index (χ3n) is 2.95. The van der Waals surface area contributed by atoms with Gasteiger partial charge in [-0.1, -0.05) is 0 Å². The van der Waals surface area contributed by atoms with Crippen LogP contribution in [0.4, 0.5) is 0 Å². The van der Waals surface area contributed by atoms with Crippen molar-refractivity contribution in [2.75, 3.05) is 27.8 Å². The van der Waals surface area contributed by atoms with Crippen molar-refractivity contribution in [3.05, 3.63) is 23.8 Å². The molecule has 1 atom stereocenters. The summed E-state index contributed by atoms with van der Waals surface area (Å²) in [6.07, 6.45) is 0. The quantitative estimate of drug-likeness (QED) is 0.705. The second kappa shape index (κ2) is 8.94. The molecule has 1 unspecified atom stereocenters. The number of rotatable bonds is 7. The first-order chi connectivity index (χ1) is 9.85. The summed E-state index contributed by atoms with van der Waals surface area (Å²) in [5.41, 5.74) is 0.139. The van der Waals surface area contributed by atoms with Gasteiger partial charge in [0.1, 0.15) is 10.6 Å². The largest absolute Gasteiger partial charge is 0.495 e. The number of likely N-dealkylation sites (N-methyl/N-ethyl adjacent to an activating group) is 1. The van der Waals surface area contributed by atoms with Crippen molar-refractivity contribution in [3.63, 3.8) is 0 Å². The Morgan fingerprint density at radius 2 is 1.95 bits per heavy atom. The van der Waals surface area contributed by atoms with E-state index < -0.39 is 16.0 Å². The highest BCUT2D eigenvalue weighted by atomic mass is 35.5. The van der Waals surface area contributed by atoms with Gasteiger partial charge >= 0.3 is 5.97 Å². The van der Waals surface area contributed by atoms with E-state index in [1.807, 2.05) is 6.92 Å². The molecular formula is C13H21ClN2O5S. The highest BCUT2D eigenvalue weighted by Gasteiger charge is 2.22. The second-order valence-corrected chi connectivity index (χ2v) is 6.13. The SMILES string of the molecule is CNC(C)CNS(=O)(=O)c1cc(C(=O)OC)ccc1OC.Cl. The lowest BCUT2D eigenvalue weighted by Crippen LogP contribution is -2.37. The highest BCUT2D eigenvalue weighted by Crippen LogP contribution is 2.25. The number of benzene rings is 1. The zero-order valence-corrected chi connectivity index (χ0v) is 14.5. The van der Waals surface area contributed by atoms with Crippen molar-refractivity contribution in [1.29, 1.82) is 0 Å². The average Bonchev–Trinajstić information content (AvgIpc) is 2.51. The average molecular weight is 353 g/mol. The van der Waals surface area contributed by atoms with Gasteiger partial charge in [-0.15, -0.1) is 12.4 Å². The van der Waals surface area contributed by atoms with Gasteiger partial charge in [0.15, 0.2) is 0 Å². The second-order valence-electron chi connectivity index (χ2n) is 4.40. The summed E-state index contributed by atoms with van der Waals surface area (Å²) in [6, 6.07) is 4.06. The Hall–Kier alpha value is -1.35. The zero-order valence-electron chi connectivity index (χ0n) is 12.9. The van der Waals surface area contributed by atoms with Crippen LogP contribution < -0.4 is 14.8 Å². The van der Waals surface area contributed by atoms with Crippen molar-refractivity contribution < 1.29 is 22.7 Å². The molecule has 0 aromatic heterocycles. The van der Waals surface area contributed by atoms with E-state index in [0.717, 1.165) is 0 Å². The molecule has 1 aromatic rings. The molecular weight excluding hydrogens is 332 g/mol. The molecule has 126 valence electrons. The molecule has 2 N–H and O–H groups in total. The third kappa shape index (κ3) is 5.13. The lowest BCUT2D eigenvalue weighted by molar-refractivity contribution is 0.0600. The first kappa shape index (κ1) is 20.6. The van der Waals surface area contributed by atoms with E-state index in [0.29, 0.717) is 0 Å². The molecule has 1 aromatic carbocycles. The molecule has 7 nitrogen and oxygen atoms in total. The summed E-state index contributed by atoms with van der Waals surface area (Å²) < 4.78 is 36.7. The number of ether oxygens (including phenoxy) is 2. The number of halogens is 1. The maximum atomic E-state index is 12.3. The van der Waals surface area contributed by atoms with E-state index in [4.69, 9.17) is 4.74 Å². The fraction of sp³-hybridized carbons (Fsp3) is 0.462. The third-order valence-corrected chi connectivity index (χ3v) is 4.39. The predicted molar refractivity (Wildman–Crippen MR) is 85.3 cm³/mol. The maximum Gasteiger partial charge on any atom is 0.337 e. The maximum absolute atomic E-state index is 12.3. The summed E-state index contributed by atoms with van der Waals surface area (Å²) >= 11 is 0. The minimum atomic E-state index is -3.80. The molecule has 0 heterocycles. The van der Waals surface area contributed by atoms with Crippen LogP contribution in [0.5, 0.6) is 5.75 Å². The zero-order chi connectivity index (χ0) is 16.0. The Labute approximate surface area is 136 Å². The van der Waals surface area contributed by atoms with E-state index >= 15 is 0 Å². The Morgan fingerprint density at radius 1 is 1.32 bits per heavy atom. The van der Waals surface area contributed by atoms with E-state index in [1.54, 1.807) is 7.05 Å². The van der Waals surface area contributed by atoms with Crippen LogP contribution in [0.15, 0.2) is 23.1 Å². The molecule has 0 bridgehead atoms. The smallest absolute Gasteiger partial charge is 0.337 e. The topological polar surface area (TPSA) is 93.7 Å². The molecule has 0 saturated carbocycles. The lowest BCUT2D eigenvalue weighted by atomic mass is 10.2. The van der Waals surface area contributed by atoms with Crippen LogP contribution >= 0.6 is 12.4 Å². The van der Waals surface area contributed by atoms with Crippen molar-refractivity contribution in [3.8, 4) is 5.75 Å². The number of carbonyl (C=O) groups excluding carboxylic acids is 1. The molecule has 0 aliphatic carbocycles. The molecule has 0 fully saturated rings. The normalized spacial score (nSPS) is 12.2. The van der Waals surface area contributed by atoms with Crippen LogP contribution in [0, 0.1) is 0 Å². The van der Waals surface area contributed by atoms with Crippen LogP contribution in [-0.2, 0) is 14.8 Å². The minimum Gasteiger partial charge on any atom is -0.495 e. The number of carbonyl (C=O) groups is 1. The summed E-state index contributed by atoms with van der Waals surface area (Å²) in [5, 5.41) is 2.92. The Bertz CT molecular complexity index is 606. The molecule has 1 rings (SSSR count). The number of esters is 1. The molecule has 0 radical (unpaired) electrons. The van der Waals surface area contributed by atoms with Gasteiger partial charge in [0.05, 0.1) is 19.8 Å². The molecule has 0 amide bonds. The first-order valence-electron chi connectivity index (χ1n) is 6.29. The first-order valence-corrected chi connectivity index (χ1v) is 7.77. The van der Waals surface area contributed by atoms with E-state index in [-0.39, 0.29) is 41.2 Å². The van der Waals surface area contributed by atoms with Gasteiger partial charge < -0.3 is 14.8 Å². The van der Waals surface area contributed by atoms with Crippen molar-refractivity contribution in [2.24, 2.45) is 0 Å². The van der Waals surface area contributed by atoms with Gasteiger partial charge in [0.2, 0.25) is 10.0 Å². The van der Waals surface area contributed by atoms with Gasteiger partial charge in [-0.25, -0.2) is 17.9 Å². The summed E-state index contributed by atoms with van der Waals surface area (Å²) in [7, 11) is 0.532. The van der Waals surface area contributed by atoms with Crippen LogP contribution in [0.25, 0.3) is 0 Å². The molecule has 0 aliphatic heterocycles. The molecule has 0 aliphatic rings. The Kier molecular flexibility index (Phi) is 8.39. The van der Waals surface area contributed by atoms with Gasteiger partial charge in [0.25, 0.3) is 0 Å². The summed E-state index contributed by atoms with van der Waals surface area (Å²) in [6.45, 7) is 2.05. The van der Waals surface area contributed by atoms with Crippen LogP contribution in [0.2, 0.25) is 0 Å². The van der Waals surface area contributed by atoms with Gasteiger partial charge in [-0.3, -0.25) is 0 Å². The fourth-order valence-electron chi connectivity index (χ4n) is 1.55. The molecule has 22 heavy (non-hydrogen) atoms. The number of sulfonamides is 1. The number of methoxy groups -OCH3 is 2. The number of hydrogen-bond donors (Lipinski definition) is 2. The van der Waals surface area contributed by atoms with Gasteiger partial charge in [0, 0.05) is 12.6 Å². The van der Waals surface area contributed by atoms with E-state index in [9.17, 15) is 13.2 Å². The standard InChI is InChI=1S/C13H20N2O5S.ClH/c1-9(14-2)8-15-21(17,18)12-7-10(13(16)20-4)5-6-11(12)19-3;/h5-7,9,14-15H,8H2,1-4H3;1H. The molecule has 9 heteroatoms. The van der Waals surface area contributed by atoms with Crippen LogP contribution in [0.1, 0.15) is 17.3 Å². The molecule has 0 saturated heterocycles. The van der Waals surface area contributed by atoms with Crippen molar-refractivity contribution >= 4 is 28.4 Å². The van der Waals surface area contributed by atoms with Crippen molar-refractivity contribution in [2.45, 2.75) is 17.9 Å². The Morgan fingerprint density at radius 3 is 2.45 bits per heavy atom. The fourth-order valence-corrected chi connectivity index (χ4v) is 2.87. The lowest BCUT2D eigenvalue weighted by Gasteiger charge is -2.14. The highest BCUT2D eigenvalue weighted by molar-refractivity contribution is 7.89. The summed E-state index contributed by atoms with van der Waals surface area (Å²) in [4.78, 5) is 11.4. The van der Waals surface area contributed by atoms with Crippen LogP contribution in [-0.4, -0.2) is 48.2 Å². The monoisotopic (exact) mass is 352 g/mol. The van der Waals surface area contributed by atoms with Crippen LogP contribution in [0.3, 0.4) is 0 Å². The Balaban J connectivity index is 0.00000441. The van der Waals surface area contributed by atoms with Crippen molar-refractivity contribution in [1.82, 2.24) is 10.0 Å². The van der Waals surface area contributed by atoms with E-state index in [1.165, 1.54) is 32.4 Å². The summed E-state index contributed by atoms with van der Waals surface area (Å²) in [5.74, 6) is -0.454. The van der Waals surface area contributed by atoms with Gasteiger partial charge in [-0.2, -0.15) is 0 Å². The number of nitrogens with one attached hydrogen (secondary N) is 2.